The molecule has 4 atom stereocenters. The van der Waals surface area contributed by atoms with Crippen molar-refractivity contribution >= 4 is 0 Å². The molecule has 2 aliphatic rings. The predicted octanol–water partition coefficient (Wildman–Crippen LogP) is 6.51. The van der Waals surface area contributed by atoms with E-state index in [1.54, 1.807) is 0 Å². The zero-order chi connectivity index (χ0) is 25.3. The number of ether oxygens (including phenoxy) is 1. The number of fused-ring (bicyclic) bond motifs is 2. The van der Waals surface area contributed by atoms with Gasteiger partial charge >= 0.3 is 41.7 Å². The fourth-order valence-corrected chi connectivity index (χ4v) is 3.68. The van der Waals surface area contributed by atoms with Gasteiger partial charge in [-0.25, -0.2) is 4.39 Å². The van der Waals surface area contributed by atoms with Crippen molar-refractivity contribution in [2.45, 2.75) is 73.2 Å². The van der Waals surface area contributed by atoms with Crippen LogP contribution in [-0.4, -0.2) is 60.6 Å². The molecule has 0 heterocycles. The van der Waals surface area contributed by atoms with E-state index in [4.69, 9.17) is 0 Å². The molecule has 0 saturated heterocycles. The molecule has 2 bridgehead atoms. The molecular weight excluding hydrogens is 500 g/mol. The SMILES string of the molecule is F[C@@H]1[C@H]2CC[C@@H]1[C@@H](OCC(F)(F)C(F)(F)C(F)(F)C(F)(F)C(F)(F)C(F)(F)C(F)(F)F)C2. The Hall–Kier alpha value is -1.16. The lowest BCUT2D eigenvalue weighted by Gasteiger charge is -2.41. The molecule has 0 aromatic heterocycles. The second-order valence-corrected chi connectivity index (χ2v) is 7.61. The van der Waals surface area contributed by atoms with Crippen molar-refractivity contribution in [3.05, 3.63) is 0 Å². The first-order valence-corrected chi connectivity index (χ1v) is 8.56. The van der Waals surface area contributed by atoms with E-state index in [1.165, 1.54) is 0 Å². The number of alkyl halides is 16. The van der Waals surface area contributed by atoms with Crippen LogP contribution in [0.2, 0.25) is 0 Å². The molecule has 2 fully saturated rings. The largest absolute Gasteiger partial charge is 0.460 e. The monoisotopic (exact) mass is 512 g/mol. The highest BCUT2D eigenvalue weighted by Crippen LogP contribution is 2.62. The van der Waals surface area contributed by atoms with Gasteiger partial charge < -0.3 is 4.74 Å². The summed E-state index contributed by atoms with van der Waals surface area (Å²) < 4.78 is 214. The fourth-order valence-electron chi connectivity index (χ4n) is 3.68. The molecule has 0 unspecified atom stereocenters. The molecule has 0 radical (unpaired) electrons. The Kier molecular flexibility index (Phi) is 6.28. The molecule has 0 spiro atoms. The molecule has 2 rings (SSSR count). The molecule has 0 aromatic rings. The zero-order valence-corrected chi connectivity index (χ0v) is 15.1. The Labute approximate surface area is 168 Å². The number of rotatable bonds is 8. The van der Waals surface area contributed by atoms with Gasteiger partial charge in [0, 0.05) is 5.92 Å². The number of hydrogen-bond donors (Lipinski definition) is 0. The van der Waals surface area contributed by atoms with Crippen molar-refractivity contribution in [2.75, 3.05) is 6.61 Å². The van der Waals surface area contributed by atoms with Gasteiger partial charge in [-0.15, -0.1) is 0 Å². The van der Waals surface area contributed by atoms with Crippen molar-refractivity contribution in [2.24, 2.45) is 11.8 Å². The minimum Gasteiger partial charge on any atom is -0.371 e. The molecule has 0 N–H and O–H groups in total. The van der Waals surface area contributed by atoms with Crippen molar-refractivity contribution in [3.8, 4) is 0 Å². The first-order valence-electron chi connectivity index (χ1n) is 8.56. The van der Waals surface area contributed by atoms with Crippen LogP contribution in [-0.2, 0) is 4.74 Å². The summed E-state index contributed by atoms with van der Waals surface area (Å²) in [4.78, 5) is 0. The maximum Gasteiger partial charge on any atom is 0.460 e. The third-order valence-corrected chi connectivity index (χ3v) is 5.61. The van der Waals surface area contributed by atoms with E-state index in [0.29, 0.717) is 0 Å². The highest BCUT2D eigenvalue weighted by atomic mass is 19.4. The van der Waals surface area contributed by atoms with Gasteiger partial charge in [0.25, 0.3) is 0 Å². The molecule has 0 aliphatic heterocycles. The quantitative estimate of drug-likeness (QED) is 0.337. The van der Waals surface area contributed by atoms with Crippen molar-refractivity contribution in [3.63, 3.8) is 0 Å². The lowest BCUT2D eigenvalue weighted by Crippen LogP contribution is -2.73. The van der Waals surface area contributed by atoms with E-state index in [0.717, 1.165) is 0 Å². The number of hydrogen-bond acceptors (Lipinski definition) is 1. The molecule has 0 amide bonds. The van der Waals surface area contributed by atoms with Crippen LogP contribution in [0.15, 0.2) is 0 Å². The first-order chi connectivity index (χ1) is 14.0. The minimum atomic E-state index is -8.32. The van der Waals surface area contributed by atoms with Gasteiger partial charge in [-0.3, -0.25) is 0 Å². The second-order valence-electron chi connectivity index (χ2n) is 7.61. The second kappa shape index (κ2) is 7.42. The van der Waals surface area contributed by atoms with E-state index in [1.807, 2.05) is 0 Å². The van der Waals surface area contributed by atoms with Crippen LogP contribution >= 0.6 is 0 Å². The van der Waals surface area contributed by atoms with Crippen LogP contribution in [0.5, 0.6) is 0 Å². The maximum absolute atomic E-state index is 13.7. The van der Waals surface area contributed by atoms with Gasteiger partial charge in [-0.2, -0.15) is 65.9 Å². The molecule has 32 heavy (non-hydrogen) atoms. The summed E-state index contributed by atoms with van der Waals surface area (Å²) in [6.07, 6.45) is -10.9. The molecule has 17 heteroatoms. The highest BCUT2D eigenvalue weighted by molar-refractivity contribution is 5.13. The van der Waals surface area contributed by atoms with Crippen LogP contribution in [0.4, 0.5) is 70.2 Å². The lowest BCUT2D eigenvalue weighted by molar-refractivity contribution is -0.453. The molecular formula is C15H12F16O. The first kappa shape index (κ1) is 27.1. The van der Waals surface area contributed by atoms with Gasteiger partial charge in [0.15, 0.2) is 0 Å². The maximum atomic E-state index is 13.7. The Balaban J connectivity index is 2.31. The van der Waals surface area contributed by atoms with E-state index in [2.05, 4.69) is 4.74 Å². The Bertz CT molecular complexity index is 698. The van der Waals surface area contributed by atoms with Gasteiger partial charge in [0.2, 0.25) is 0 Å². The molecule has 2 aliphatic carbocycles. The average Bonchev–Trinajstić information content (AvgIpc) is 3.12. The van der Waals surface area contributed by atoms with Gasteiger partial charge in [0.05, 0.1) is 6.10 Å². The van der Waals surface area contributed by atoms with Crippen molar-refractivity contribution < 1.29 is 75.0 Å². The fraction of sp³-hybridized carbons (Fsp3) is 1.00. The summed E-state index contributed by atoms with van der Waals surface area (Å²) in [5, 5.41) is 0. The third-order valence-electron chi connectivity index (χ3n) is 5.61. The highest BCUT2D eigenvalue weighted by Gasteiger charge is 2.93. The Morgan fingerprint density at radius 2 is 1.03 bits per heavy atom. The standard InChI is InChI=1S/C15H12F16O/c16-8-5-1-2-6(8)7(3-5)32-4-9(17,18)10(19,20)11(21,22)12(23,24)13(25,26)14(27,28)15(29,30)31/h5-8H,1-4H2/t5-,6+,7-,8+/m0/s1. The average molecular weight is 512 g/mol. The van der Waals surface area contributed by atoms with Crippen LogP contribution in [0.3, 0.4) is 0 Å². The van der Waals surface area contributed by atoms with E-state index in [9.17, 15) is 70.2 Å². The third kappa shape index (κ3) is 3.51. The van der Waals surface area contributed by atoms with Crippen LogP contribution in [0.25, 0.3) is 0 Å². The molecule has 2 saturated carbocycles. The van der Waals surface area contributed by atoms with E-state index in [-0.39, 0.29) is 19.3 Å². The summed E-state index contributed by atoms with van der Waals surface area (Å²) in [5.74, 6) is -48.6. The van der Waals surface area contributed by atoms with Crippen LogP contribution in [0.1, 0.15) is 19.3 Å². The summed E-state index contributed by atoms with van der Waals surface area (Å²) >= 11 is 0. The van der Waals surface area contributed by atoms with Crippen LogP contribution in [0, 0.1) is 11.8 Å². The molecule has 0 aromatic carbocycles. The number of halogens is 16. The van der Waals surface area contributed by atoms with E-state index < -0.39 is 72.4 Å². The smallest absolute Gasteiger partial charge is 0.371 e. The lowest BCUT2D eigenvalue weighted by atomic mass is 9.91. The molecule has 190 valence electrons. The Morgan fingerprint density at radius 3 is 1.41 bits per heavy atom. The minimum absolute atomic E-state index is 0.0193. The zero-order valence-electron chi connectivity index (χ0n) is 15.1. The van der Waals surface area contributed by atoms with E-state index >= 15 is 0 Å². The van der Waals surface area contributed by atoms with Gasteiger partial charge in [0.1, 0.15) is 12.8 Å². The van der Waals surface area contributed by atoms with Gasteiger partial charge in [-0.1, -0.05) is 0 Å². The summed E-state index contributed by atoms with van der Waals surface area (Å²) in [6.45, 7) is -2.85. The Morgan fingerprint density at radius 1 is 0.594 bits per heavy atom. The van der Waals surface area contributed by atoms with Crippen molar-refractivity contribution in [1.82, 2.24) is 0 Å². The molecule has 1 nitrogen and oxygen atoms in total. The van der Waals surface area contributed by atoms with Gasteiger partial charge in [-0.05, 0) is 25.2 Å². The summed E-state index contributed by atoms with van der Waals surface area (Å²) in [7, 11) is 0. The summed E-state index contributed by atoms with van der Waals surface area (Å²) in [6, 6.07) is 0. The normalized spacial score (nSPS) is 28.5. The summed E-state index contributed by atoms with van der Waals surface area (Å²) in [5.41, 5.74) is 0. The topological polar surface area (TPSA) is 9.23 Å². The predicted molar refractivity (Wildman–Crippen MR) is 71.2 cm³/mol. The van der Waals surface area contributed by atoms with Crippen LogP contribution < -0.4 is 0 Å². The van der Waals surface area contributed by atoms with Crippen molar-refractivity contribution in [1.29, 1.82) is 0 Å².